The molecule has 3 heterocycles. The van der Waals surface area contributed by atoms with E-state index in [1.807, 2.05) is 60.7 Å². The Bertz CT molecular complexity index is 2130. The lowest BCUT2D eigenvalue weighted by atomic mass is 10.0. The zero-order chi connectivity index (χ0) is 27.2. The summed E-state index contributed by atoms with van der Waals surface area (Å²) in [6.07, 6.45) is 4.43. The number of benzene rings is 5. The van der Waals surface area contributed by atoms with Gasteiger partial charge in [-0.1, -0.05) is 130 Å². The minimum Gasteiger partial charge on any atom is -0.304 e. The van der Waals surface area contributed by atoms with Crippen LogP contribution in [-0.2, 0) is 0 Å². The molecule has 0 atom stereocenters. The van der Waals surface area contributed by atoms with E-state index in [-0.39, 0.29) is 0 Å². The van der Waals surface area contributed by atoms with Gasteiger partial charge in [-0.15, -0.1) is 0 Å². The van der Waals surface area contributed by atoms with Crippen molar-refractivity contribution in [3.63, 3.8) is 0 Å². The second-order valence-corrected chi connectivity index (χ2v) is 12.3. The molecule has 41 heavy (non-hydrogen) atoms. The third-order valence-corrected chi connectivity index (χ3v) is 9.88. The molecule has 0 radical (unpaired) electrons. The Morgan fingerprint density at radius 1 is 0.488 bits per heavy atom. The molecule has 8 rings (SSSR count). The lowest BCUT2D eigenvalue weighted by Gasteiger charge is -2.13. The summed E-state index contributed by atoms with van der Waals surface area (Å²) >= 11 is -0.463. The molecule has 0 fully saturated rings. The molecule has 2 aromatic heterocycles. The highest BCUT2D eigenvalue weighted by Gasteiger charge is 2.18. The molecule has 5 heteroatoms. The highest BCUT2D eigenvalue weighted by Crippen LogP contribution is 2.40. The van der Waals surface area contributed by atoms with Gasteiger partial charge in [0.15, 0.2) is 17.5 Å². The highest BCUT2D eigenvalue weighted by atomic mass is 127. The van der Waals surface area contributed by atoms with E-state index in [1.165, 1.54) is 36.3 Å². The average molecular weight is 639 g/mol. The van der Waals surface area contributed by atoms with E-state index < -0.39 is 20.7 Å². The second-order valence-electron chi connectivity index (χ2n) is 9.90. The van der Waals surface area contributed by atoms with Gasteiger partial charge in [0, 0.05) is 27.5 Å². The van der Waals surface area contributed by atoms with Gasteiger partial charge in [-0.3, -0.25) is 0 Å². The molecular weight excluding hydrogens is 615 g/mol. The van der Waals surface area contributed by atoms with Crippen LogP contribution in [0.4, 0.5) is 0 Å². The smallest absolute Gasteiger partial charge is 0.164 e. The molecule has 0 amide bonds. The Kier molecular flexibility index (Phi) is 5.88. The number of nitrogens with zero attached hydrogens (tertiary/aromatic N) is 4. The summed E-state index contributed by atoms with van der Waals surface area (Å²) in [5.41, 5.74) is 5.50. The van der Waals surface area contributed by atoms with Gasteiger partial charge in [-0.2, -0.15) is 0 Å². The van der Waals surface area contributed by atoms with Crippen molar-refractivity contribution in [3.8, 4) is 22.8 Å². The van der Waals surface area contributed by atoms with Gasteiger partial charge in [0.2, 0.25) is 0 Å². The minimum absolute atomic E-state index is 0.463. The van der Waals surface area contributed by atoms with Crippen LogP contribution in [0.25, 0.3) is 64.6 Å². The Balaban J connectivity index is 1.28. The Morgan fingerprint density at radius 2 is 1.10 bits per heavy atom. The number of halogens is 1. The summed E-state index contributed by atoms with van der Waals surface area (Å²) in [5.74, 6) is 2.08. The standard InChI is InChI=1S/C36H23IN4/c1-3-12-25(13-4-1)34-38-35(26-14-5-2-6-15-26)40-36(39-34)27-20-22-32(37-23-27)41-30-18-10-9-17-29(30)33-28-16-8-7-11-24(28)19-21-31(33)41/h1-23H. The summed E-state index contributed by atoms with van der Waals surface area (Å²) in [6.45, 7) is 0. The van der Waals surface area contributed by atoms with Crippen molar-refractivity contribution in [2.24, 2.45) is 0 Å². The summed E-state index contributed by atoms with van der Waals surface area (Å²) in [4.78, 5) is 14.7. The molecule has 0 aliphatic carbocycles. The van der Waals surface area contributed by atoms with E-state index in [4.69, 9.17) is 15.0 Å². The molecule has 194 valence electrons. The fourth-order valence-corrected chi connectivity index (χ4v) is 7.83. The predicted molar refractivity (Wildman–Crippen MR) is 180 cm³/mol. The van der Waals surface area contributed by atoms with Gasteiger partial charge in [-0.05, 0) is 39.1 Å². The van der Waals surface area contributed by atoms with Gasteiger partial charge in [0.25, 0.3) is 0 Å². The topological polar surface area (TPSA) is 43.6 Å². The van der Waals surface area contributed by atoms with Crippen molar-refractivity contribution in [1.29, 1.82) is 0 Å². The van der Waals surface area contributed by atoms with E-state index in [0.29, 0.717) is 17.5 Å². The van der Waals surface area contributed by atoms with E-state index in [9.17, 15) is 0 Å². The van der Waals surface area contributed by atoms with Crippen molar-refractivity contribution in [1.82, 2.24) is 19.5 Å². The maximum Gasteiger partial charge on any atom is 0.164 e. The number of para-hydroxylation sites is 1. The van der Waals surface area contributed by atoms with Crippen molar-refractivity contribution in [3.05, 3.63) is 139 Å². The summed E-state index contributed by atoms with van der Waals surface area (Å²) in [7, 11) is 0. The Hall–Kier alpha value is -4.75. The first kappa shape index (κ1) is 24.1. The SMILES string of the molecule is C1=IC(n2c3ccccc3c3c4ccccc4ccc32)=CC=C1c1nc(-c2ccccc2)nc(-c2ccccc2)n1. The largest absolute Gasteiger partial charge is 0.304 e. The molecule has 4 nitrogen and oxygen atoms in total. The summed E-state index contributed by atoms with van der Waals surface area (Å²) < 4.78 is 6.12. The quantitative estimate of drug-likeness (QED) is 0.181. The van der Waals surface area contributed by atoms with Crippen molar-refractivity contribution in [2.75, 3.05) is 0 Å². The molecular formula is C36H23IN4. The Labute approximate surface area is 247 Å². The molecule has 1 aliphatic rings. The van der Waals surface area contributed by atoms with Gasteiger partial charge in [0.1, 0.15) is 0 Å². The lowest BCUT2D eigenvalue weighted by molar-refractivity contribution is 1.04. The first-order valence-corrected chi connectivity index (χ1v) is 15.8. The molecule has 0 spiro atoms. The molecule has 1 aliphatic heterocycles. The third kappa shape index (κ3) is 4.21. The van der Waals surface area contributed by atoms with Crippen LogP contribution in [0, 0.1) is 0 Å². The number of hydrogen-bond acceptors (Lipinski definition) is 3. The van der Waals surface area contributed by atoms with Crippen LogP contribution < -0.4 is 0 Å². The molecule has 0 N–H and O–H groups in total. The number of aromatic nitrogens is 4. The summed E-state index contributed by atoms with van der Waals surface area (Å²) in [5, 5.41) is 5.16. The van der Waals surface area contributed by atoms with Crippen LogP contribution in [0.15, 0.2) is 133 Å². The lowest BCUT2D eigenvalue weighted by Crippen LogP contribution is -2.04. The fraction of sp³-hybridized carbons (Fsp3) is 0. The normalized spacial score (nSPS) is 13.3. The van der Waals surface area contributed by atoms with Gasteiger partial charge >= 0.3 is 0 Å². The molecule has 0 saturated heterocycles. The number of allylic oxidation sites excluding steroid dienone is 3. The highest BCUT2D eigenvalue weighted by molar-refractivity contribution is 14.2. The van der Waals surface area contributed by atoms with Crippen LogP contribution >= 0.6 is 20.7 Å². The van der Waals surface area contributed by atoms with E-state index >= 15 is 0 Å². The van der Waals surface area contributed by atoms with Crippen molar-refractivity contribution in [2.45, 2.75) is 0 Å². The fourth-order valence-electron chi connectivity index (χ4n) is 5.50. The van der Waals surface area contributed by atoms with E-state index in [1.54, 1.807) is 0 Å². The first-order chi connectivity index (χ1) is 20.3. The molecule has 7 aromatic rings. The van der Waals surface area contributed by atoms with E-state index in [2.05, 4.69) is 81.4 Å². The first-order valence-electron chi connectivity index (χ1n) is 13.5. The number of fused-ring (bicyclic) bond motifs is 5. The van der Waals surface area contributed by atoms with Crippen LogP contribution in [-0.4, -0.2) is 23.5 Å². The molecule has 0 saturated carbocycles. The van der Waals surface area contributed by atoms with Crippen LogP contribution in [0.1, 0.15) is 5.82 Å². The maximum atomic E-state index is 4.93. The Morgan fingerprint density at radius 3 is 1.78 bits per heavy atom. The van der Waals surface area contributed by atoms with E-state index in [0.717, 1.165) is 16.7 Å². The number of rotatable bonds is 4. The summed E-state index contributed by atoms with van der Waals surface area (Å²) in [6, 6.07) is 42.2. The van der Waals surface area contributed by atoms with Crippen LogP contribution in [0.5, 0.6) is 0 Å². The number of hydrogen-bond donors (Lipinski definition) is 0. The molecule has 5 aromatic carbocycles. The maximum absolute atomic E-state index is 4.93. The van der Waals surface area contributed by atoms with Crippen molar-refractivity contribution < 1.29 is 0 Å². The minimum atomic E-state index is -0.463. The molecule has 0 unspecified atom stereocenters. The van der Waals surface area contributed by atoms with Gasteiger partial charge < -0.3 is 4.57 Å². The second kappa shape index (κ2) is 10.0. The molecule has 0 bridgehead atoms. The van der Waals surface area contributed by atoms with Crippen LogP contribution in [0.2, 0.25) is 0 Å². The zero-order valence-electron chi connectivity index (χ0n) is 21.9. The van der Waals surface area contributed by atoms with Crippen molar-refractivity contribution >= 4 is 66.6 Å². The van der Waals surface area contributed by atoms with Gasteiger partial charge in [-0.25, -0.2) is 15.0 Å². The predicted octanol–water partition coefficient (Wildman–Crippen LogP) is 9.14. The van der Waals surface area contributed by atoms with Gasteiger partial charge in [0.05, 0.1) is 14.7 Å². The monoisotopic (exact) mass is 638 g/mol. The van der Waals surface area contributed by atoms with Crippen LogP contribution in [0.3, 0.4) is 0 Å². The zero-order valence-corrected chi connectivity index (χ0v) is 24.1. The third-order valence-electron chi connectivity index (χ3n) is 7.42. The average Bonchev–Trinajstić information content (AvgIpc) is 3.40.